The molecule has 0 unspecified atom stereocenters. The van der Waals surface area contributed by atoms with Gasteiger partial charge in [0, 0.05) is 16.2 Å². The fourth-order valence-electron chi connectivity index (χ4n) is 1.88. The Morgan fingerprint density at radius 3 is 1.44 bits per heavy atom. The normalized spacial score (nSPS) is 10.4. The number of aromatic hydroxyl groups is 2. The second-order valence-corrected chi connectivity index (χ2v) is 7.46. The molecule has 0 atom stereocenters. The SMILES string of the molecule is O=C(CSc1ccc(O)cc1)OCCCOC(=O)CSc1ccc(O)cc1. The number of rotatable bonds is 10. The van der Waals surface area contributed by atoms with Crippen LogP contribution in [0, 0.1) is 0 Å². The predicted octanol–water partition coefficient (Wildman–Crippen LogP) is 3.46. The third kappa shape index (κ3) is 8.74. The molecule has 6 nitrogen and oxygen atoms in total. The maximum absolute atomic E-state index is 11.6. The van der Waals surface area contributed by atoms with Gasteiger partial charge in [0.15, 0.2) is 0 Å². The summed E-state index contributed by atoms with van der Waals surface area (Å²) in [6.45, 7) is 0.376. The van der Waals surface area contributed by atoms with E-state index in [1.807, 2.05) is 0 Å². The van der Waals surface area contributed by atoms with Crippen LogP contribution < -0.4 is 0 Å². The maximum Gasteiger partial charge on any atom is 0.316 e. The molecule has 0 aliphatic heterocycles. The summed E-state index contributed by atoms with van der Waals surface area (Å²) in [5, 5.41) is 18.4. The van der Waals surface area contributed by atoms with E-state index in [1.165, 1.54) is 23.5 Å². The second-order valence-electron chi connectivity index (χ2n) is 5.36. The molecule has 0 fully saturated rings. The van der Waals surface area contributed by atoms with Crippen LogP contribution >= 0.6 is 23.5 Å². The van der Waals surface area contributed by atoms with Crippen molar-refractivity contribution in [3.05, 3.63) is 48.5 Å². The Bertz CT molecular complexity index is 667. The second kappa shape index (κ2) is 11.4. The zero-order chi connectivity index (χ0) is 19.5. The number of carbonyl (C=O) groups excluding carboxylic acids is 2. The Labute approximate surface area is 165 Å². The number of hydrogen-bond acceptors (Lipinski definition) is 8. The van der Waals surface area contributed by atoms with Gasteiger partial charge in [-0.25, -0.2) is 0 Å². The van der Waals surface area contributed by atoms with Crippen molar-refractivity contribution in [1.29, 1.82) is 0 Å². The van der Waals surface area contributed by atoms with Crippen LogP contribution in [0.15, 0.2) is 58.3 Å². The molecule has 27 heavy (non-hydrogen) atoms. The highest BCUT2D eigenvalue weighted by Crippen LogP contribution is 2.21. The summed E-state index contributed by atoms with van der Waals surface area (Å²) >= 11 is 2.64. The number of esters is 2. The largest absolute Gasteiger partial charge is 0.508 e. The van der Waals surface area contributed by atoms with E-state index in [-0.39, 0.29) is 48.2 Å². The minimum Gasteiger partial charge on any atom is -0.508 e. The highest BCUT2D eigenvalue weighted by Gasteiger charge is 2.07. The van der Waals surface area contributed by atoms with E-state index in [1.54, 1.807) is 48.5 Å². The fraction of sp³-hybridized carbons (Fsp3) is 0.263. The fourth-order valence-corrected chi connectivity index (χ4v) is 3.28. The standard InChI is InChI=1S/C19H20O6S2/c20-14-2-6-16(7-3-14)26-12-18(22)24-10-1-11-25-19(23)13-27-17-8-4-15(21)5-9-17/h2-9,20-21H,1,10-13H2. The molecule has 0 amide bonds. The molecule has 0 spiro atoms. The first-order valence-corrected chi connectivity index (χ1v) is 10.1. The summed E-state index contributed by atoms with van der Waals surface area (Å²) in [4.78, 5) is 25.0. The number of phenols is 2. The lowest BCUT2D eigenvalue weighted by Crippen LogP contribution is -2.13. The summed E-state index contributed by atoms with van der Waals surface area (Å²) in [6.07, 6.45) is 0.436. The molecular weight excluding hydrogens is 388 g/mol. The van der Waals surface area contributed by atoms with Crippen molar-refractivity contribution in [2.45, 2.75) is 16.2 Å². The zero-order valence-electron chi connectivity index (χ0n) is 14.5. The van der Waals surface area contributed by atoms with Crippen LogP contribution in [-0.4, -0.2) is 46.9 Å². The van der Waals surface area contributed by atoms with E-state index in [2.05, 4.69) is 0 Å². The van der Waals surface area contributed by atoms with Gasteiger partial charge in [-0.2, -0.15) is 0 Å². The molecular formula is C19H20O6S2. The van der Waals surface area contributed by atoms with Gasteiger partial charge in [0.05, 0.1) is 24.7 Å². The van der Waals surface area contributed by atoms with Gasteiger partial charge in [-0.1, -0.05) is 0 Å². The molecule has 144 valence electrons. The van der Waals surface area contributed by atoms with Gasteiger partial charge >= 0.3 is 11.9 Å². The molecule has 2 N–H and O–H groups in total. The van der Waals surface area contributed by atoms with E-state index in [9.17, 15) is 19.8 Å². The molecule has 0 aromatic heterocycles. The average molecular weight is 408 g/mol. The van der Waals surface area contributed by atoms with Crippen LogP contribution in [0.3, 0.4) is 0 Å². The van der Waals surface area contributed by atoms with E-state index >= 15 is 0 Å². The molecule has 0 radical (unpaired) electrons. The lowest BCUT2D eigenvalue weighted by atomic mass is 10.3. The van der Waals surface area contributed by atoms with Crippen molar-refractivity contribution in [2.24, 2.45) is 0 Å². The van der Waals surface area contributed by atoms with Crippen LogP contribution in [0.25, 0.3) is 0 Å². The Kier molecular flexibility index (Phi) is 8.86. The zero-order valence-corrected chi connectivity index (χ0v) is 16.1. The topological polar surface area (TPSA) is 93.1 Å². The van der Waals surface area contributed by atoms with Gasteiger partial charge in [0.2, 0.25) is 0 Å². The van der Waals surface area contributed by atoms with Crippen LogP contribution in [0.4, 0.5) is 0 Å². The van der Waals surface area contributed by atoms with Gasteiger partial charge in [0.25, 0.3) is 0 Å². The number of benzene rings is 2. The van der Waals surface area contributed by atoms with Gasteiger partial charge < -0.3 is 19.7 Å². The van der Waals surface area contributed by atoms with Crippen LogP contribution in [-0.2, 0) is 19.1 Å². The summed E-state index contributed by atoms with van der Waals surface area (Å²) < 4.78 is 10.2. The summed E-state index contributed by atoms with van der Waals surface area (Å²) in [6, 6.07) is 13.1. The van der Waals surface area contributed by atoms with Crippen molar-refractivity contribution in [1.82, 2.24) is 0 Å². The monoisotopic (exact) mass is 408 g/mol. The Hall–Kier alpha value is -2.32. The van der Waals surface area contributed by atoms with Crippen molar-refractivity contribution in [2.75, 3.05) is 24.7 Å². The Morgan fingerprint density at radius 1 is 0.704 bits per heavy atom. The number of hydrogen-bond donors (Lipinski definition) is 2. The first-order valence-electron chi connectivity index (χ1n) is 8.18. The molecule has 8 heteroatoms. The molecule has 0 saturated heterocycles. The van der Waals surface area contributed by atoms with E-state index < -0.39 is 0 Å². The van der Waals surface area contributed by atoms with Gasteiger partial charge in [-0.3, -0.25) is 9.59 Å². The summed E-state index contributed by atoms with van der Waals surface area (Å²) in [7, 11) is 0. The minimum atomic E-state index is -0.345. The van der Waals surface area contributed by atoms with Crippen LogP contribution in [0.1, 0.15) is 6.42 Å². The lowest BCUT2D eigenvalue weighted by molar-refractivity contribution is -0.142. The molecule has 0 aliphatic rings. The molecule has 0 bridgehead atoms. The van der Waals surface area contributed by atoms with E-state index in [4.69, 9.17) is 9.47 Å². The molecule has 0 heterocycles. The van der Waals surface area contributed by atoms with Crippen molar-refractivity contribution in [3.8, 4) is 11.5 Å². The highest BCUT2D eigenvalue weighted by molar-refractivity contribution is 8.00. The number of phenolic OH excluding ortho intramolecular Hbond substituents is 2. The predicted molar refractivity (Wildman–Crippen MR) is 104 cm³/mol. The molecule has 2 aromatic carbocycles. The number of thioether (sulfide) groups is 2. The quantitative estimate of drug-likeness (QED) is 0.351. The molecule has 0 saturated carbocycles. The number of ether oxygens (including phenoxy) is 2. The Balaban J connectivity index is 1.50. The molecule has 2 rings (SSSR count). The molecule has 2 aromatic rings. The van der Waals surface area contributed by atoms with Crippen molar-refractivity contribution >= 4 is 35.5 Å². The van der Waals surface area contributed by atoms with Crippen LogP contribution in [0.5, 0.6) is 11.5 Å². The lowest BCUT2D eigenvalue weighted by Gasteiger charge is -2.06. The summed E-state index contributed by atoms with van der Waals surface area (Å²) in [5.41, 5.74) is 0. The van der Waals surface area contributed by atoms with Crippen LogP contribution in [0.2, 0.25) is 0 Å². The smallest absolute Gasteiger partial charge is 0.316 e. The van der Waals surface area contributed by atoms with Gasteiger partial charge in [0.1, 0.15) is 11.5 Å². The minimum absolute atomic E-state index is 0.174. The third-order valence-electron chi connectivity index (χ3n) is 3.20. The van der Waals surface area contributed by atoms with Gasteiger partial charge in [-0.15, -0.1) is 23.5 Å². The van der Waals surface area contributed by atoms with Gasteiger partial charge in [-0.05, 0) is 48.5 Å². The maximum atomic E-state index is 11.6. The molecule has 0 aliphatic carbocycles. The van der Waals surface area contributed by atoms with Crippen molar-refractivity contribution < 1.29 is 29.3 Å². The first kappa shape index (κ1) is 21.0. The van der Waals surface area contributed by atoms with E-state index in [0.29, 0.717) is 6.42 Å². The average Bonchev–Trinajstić information content (AvgIpc) is 2.67. The first-order chi connectivity index (χ1) is 13.0. The number of carbonyl (C=O) groups is 2. The third-order valence-corrected chi connectivity index (χ3v) is 5.17. The highest BCUT2D eigenvalue weighted by atomic mass is 32.2. The van der Waals surface area contributed by atoms with Crippen molar-refractivity contribution in [3.63, 3.8) is 0 Å². The van der Waals surface area contributed by atoms with E-state index in [0.717, 1.165) is 9.79 Å². The summed E-state index contributed by atoms with van der Waals surface area (Å²) in [5.74, 6) is 0.0160. The Morgan fingerprint density at radius 2 is 1.07 bits per heavy atom.